The minimum absolute atomic E-state index is 1.03. The maximum Gasteiger partial charge on any atom is -0.00134 e. The van der Waals surface area contributed by atoms with E-state index in [-0.39, 0.29) is 0 Å². The van der Waals surface area contributed by atoms with Crippen LogP contribution >= 0.6 is 0 Å². The van der Waals surface area contributed by atoms with Crippen LogP contribution < -0.4 is 0 Å². The molecule has 8 aromatic rings. The van der Waals surface area contributed by atoms with Crippen LogP contribution in [0.4, 0.5) is 0 Å². The summed E-state index contributed by atoms with van der Waals surface area (Å²) in [5, 5.41) is 7.84. The quantitative estimate of drug-likeness (QED) is 0.194. The predicted octanol–water partition coefficient (Wildman–Crippen LogP) is 11.7. The zero-order chi connectivity index (χ0) is 28.3. The van der Waals surface area contributed by atoms with Gasteiger partial charge in [-0.1, -0.05) is 133 Å². The van der Waals surface area contributed by atoms with Crippen molar-refractivity contribution in [1.29, 1.82) is 0 Å². The lowest BCUT2D eigenvalue weighted by atomic mass is 9.91. The van der Waals surface area contributed by atoms with Crippen LogP contribution in [0.5, 0.6) is 0 Å². The van der Waals surface area contributed by atoms with Gasteiger partial charge in [-0.3, -0.25) is 0 Å². The van der Waals surface area contributed by atoms with Crippen LogP contribution in [-0.2, 0) is 6.42 Å². The second-order valence-corrected chi connectivity index (χ2v) is 11.7. The molecule has 43 heavy (non-hydrogen) atoms. The van der Waals surface area contributed by atoms with Gasteiger partial charge in [-0.25, -0.2) is 0 Å². The van der Waals surface area contributed by atoms with E-state index in [4.69, 9.17) is 0 Å². The first-order chi connectivity index (χ1) is 21.3. The minimum atomic E-state index is 1.03. The Hall–Kier alpha value is -5.46. The first-order valence-electron chi connectivity index (χ1n) is 15.1. The Bertz CT molecular complexity index is 2340. The Labute approximate surface area is 251 Å². The summed E-state index contributed by atoms with van der Waals surface area (Å²) < 4.78 is 0. The van der Waals surface area contributed by atoms with Crippen LogP contribution in [0.1, 0.15) is 11.1 Å². The summed E-state index contributed by atoms with van der Waals surface area (Å²) in [6, 6.07) is 58.3. The van der Waals surface area contributed by atoms with Crippen molar-refractivity contribution in [2.24, 2.45) is 0 Å². The van der Waals surface area contributed by atoms with Crippen LogP contribution in [0, 0.1) is 0 Å². The molecule has 0 amide bonds. The average molecular weight is 545 g/mol. The highest BCUT2D eigenvalue weighted by atomic mass is 14.2. The molecular weight excluding hydrogens is 516 g/mol. The SMILES string of the molecule is c1cc(-c2cccc(-c3ccc4c5ccccc5c5ccccc5c4c3)c2)cc(-c2ccc3c(c2)-c2ccccc2C3)c1. The van der Waals surface area contributed by atoms with Crippen molar-refractivity contribution < 1.29 is 0 Å². The molecule has 0 fully saturated rings. The predicted molar refractivity (Wildman–Crippen MR) is 184 cm³/mol. The molecule has 0 N–H and O–H groups in total. The van der Waals surface area contributed by atoms with Crippen molar-refractivity contribution >= 4 is 32.3 Å². The van der Waals surface area contributed by atoms with Crippen molar-refractivity contribution in [2.45, 2.75) is 6.42 Å². The van der Waals surface area contributed by atoms with Crippen molar-refractivity contribution in [3.05, 3.63) is 169 Å². The fourth-order valence-corrected chi connectivity index (χ4v) is 7.15. The third-order valence-electron chi connectivity index (χ3n) is 9.27. The van der Waals surface area contributed by atoms with Gasteiger partial charge in [0.05, 0.1) is 0 Å². The summed E-state index contributed by atoms with van der Waals surface area (Å²) in [5.41, 5.74) is 13.0. The van der Waals surface area contributed by atoms with Gasteiger partial charge >= 0.3 is 0 Å². The number of rotatable bonds is 3. The van der Waals surface area contributed by atoms with Crippen molar-refractivity contribution in [1.82, 2.24) is 0 Å². The Morgan fingerprint density at radius 2 is 0.698 bits per heavy atom. The highest BCUT2D eigenvalue weighted by molar-refractivity contribution is 6.25. The molecule has 0 aromatic heterocycles. The molecule has 0 aliphatic heterocycles. The van der Waals surface area contributed by atoms with Gasteiger partial charge in [0.25, 0.3) is 0 Å². The second kappa shape index (κ2) is 9.54. The van der Waals surface area contributed by atoms with Gasteiger partial charge in [0.15, 0.2) is 0 Å². The Morgan fingerprint density at radius 1 is 0.256 bits per heavy atom. The topological polar surface area (TPSA) is 0 Å². The number of fused-ring (bicyclic) bond motifs is 9. The van der Waals surface area contributed by atoms with Crippen molar-refractivity contribution in [3.63, 3.8) is 0 Å². The molecule has 1 aliphatic carbocycles. The van der Waals surface area contributed by atoms with Gasteiger partial charge in [-0.15, -0.1) is 0 Å². The molecule has 200 valence electrons. The molecule has 0 heterocycles. The molecule has 0 unspecified atom stereocenters. The smallest absolute Gasteiger partial charge is 0.00134 e. The van der Waals surface area contributed by atoms with Gasteiger partial charge < -0.3 is 0 Å². The maximum atomic E-state index is 2.38. The molecule has 0 radical (unpaired) electrons. The lowest BCUT2D eigenvalue weighted by molar-refractivity contribution is 1.26. The maximum absolute atomic E-state index is 2.38. The van der Waals surface area contributed by atoms with Gasteiger partial charge in [0, 0.05) is 0 Å². The fourth-order valence-electron chi connectivity index (χ4n) is 7.15. The highest BCUT2D eigenvalue weighted by Gasteiger charge is 2.18. The Kier molecular flexibility index (Phi) is 5.36. The molecular formula is C43H28. The minimum Gasteiger partial charge on any atom is -0.0619 e. The lowest BCUT2D eigenvalue weighted by Crippen LogP contribution is -1.86. The van der Waals surface area contributed by atoms with E-state index in [2.05, 4.69) is 158 Å². The molecule has 0 saturated carbocycles. The molecule has 0 spiro atoms. The van der Waals surface area contributed by atoms with E-state index in [0.717, 1.165) is 6.42 Å². The standard InChI is InChI=1S/C43H28/c1-2-14-36-34(9-1)25-35-20-19-32(26-42(35)36)30-12-7-10-28(23-30)29-11-8-13-31(24-29)33-21-22-41-39-17-4-3-15-37(39)38-16-5-6-18-40(38)43(41)27-33/h1-24,26-27H,25H2. The lowest BCUT2D eigenvalue weighted by Gasteiger charge is -2.13. The molecule has 0 heteroatoms. The monoisotopic (exact) mass is 544 g/mol. The van der Waals surface area contributed by atoms with E-state index < -0.39 is 0 Å². The van der Waals surface area contributed by atoms with Crippen LogP contribution in [0.15, 0.2) is 158 Å². The van der Waals surface area contributed by atoms with Crippen molar-refractivity contribution in [3.8, 4) is 44.5 Å². The van der Waals surface area contributed by atoms with Gasteiger partial charge in [0.2, 0.25) is 0 Å². The third kappa shape index (κ3) is 3.91. The molecule has 0 saturated heterocycles. The van der Waals surface area contributed by atoms with E-state index in [1.54, 1.807) is 0 Å². The van der Waals surface area contributed by atoms with Crippen LogP contribution in [0.25, 0.3) is 76.8 Å². The van der Waals surface area contributed by atoms with Crippen LogP contribution in [0.3, 0.4) is 0 Å². The van der Waals surface area contributed by atoms with E-state index in [9.17, 15) is 0 Å². The van der Waals surface area contributed by atoms with E-state index in [1.165, 1.54) is 88.0 Å². The van der Waals surface area contributed by atoms with E-state index in [1.807, 2.05) is 0 Å². The normalized spacial score (nSPS) is 12.1. The summed E-state index contributed by atoms with van der Waals surface area (Å²) >= 11 is 0. The summed E-state index contributed by atoms with van der Waals surface area (Å²) in [4.78, 5) is 0. The molecule has 0 nitrogen and oxygen atoms in total. The van der Waals surface area contributed by atoms with E-state index in [0.29, 0.717) is 0 Å². The van der Waals surface area contributed by atoms with Gasteiger partial charge in [-0.05, 0) is 119 Å². The zero-order valence-corrected chi connectivity index (χ0v) is 23.7. The Morgan fingerprint density at radius 3 is 1.33 bits per heavy atom. The first-order valence-corrected chi connectivity index (χ1v) is 15.1. The molecule has 8 aromatic carbocycles. The molecule has 1 aliphatic rings. The third-order valence-corrected chi connectivity index (χ3v) is 9.27. The molecule has 9 rings (SSSR count). The first kappa shape index (κ1) is 24.2. The summed E-state index contributed by atoms with van der Waals surface area (Å²) in [6.07, 6.45) is 1.03. The van der Waals surface area contributed by atoms with E-state index >= 15 is 0 Å². The molecule has 0 bridgehead atoms. The number of benzene rings is 8. The number of hydrogen-bond donors (Lipinski definition) is 0. The Balaban J connectivity index is 1.13. The van der Waals surface area contributed by atoms with Gasteiger partial charge in [-0.2, -0.15) is 0 Å². The zero-order valence-electron chi connectivity index (χ0n) is 23.7. The largest absolute Gasteiger partial charge is 0.0619 e. The summed E-state index contributed by atoms with van der Waals surface area (Å²) in [6.45, 7) is 0. The second-order valence-electron chi connectivity index (χ2n) is 11.7. The fraction of sp³-hybridized carbons (Fsp3) is 0.0233. The molecule has 0 atom stereocenters. The summed E-state index contributed by atoms with van der Waals surface area (Å²) in [5.74, 6) is 0. The average Bonchev–Trinajstić information content (AvgIpc) is 3.46. The van der Waals surface area contributed by atoms with Crippen LogP contribution in [-0.4, -0.2) is 0 Å². The van der Waals surface area contributed by atoms with Crippen molar-refractivity contribution in [2.75, 3.05) is 0 Å². The van der Waals surface area contributed by atoms with Gasteiger partial charge in [0.1, 0.15) is 0 Å². The summed E-state index contributed by atoms with van der Waals surface area (Å²) in [7, 11) is 0. The van der Waals surface area contributed by atoms with Crippen LogP contribution in [0.2, 0.25) is 0 Å². The highest BCUT2D eigenvalue weighted by Crippen LogP contribution is 2.40. The number of hydrogen-bond acceptors (Lipinski definition) is 0.